The van der Waals surface area contributed by atoms with Crippen molar-refractivity contribution in [2.45, 2.75) is 6.92 Å². The Hall–Kier alpha value is -3.27. The summed E-state index contributed by atoms with van der Waals surface area (Å²) in [6.45, 7) is 1.85. The minimum absolute atomic E-state index is 0.650. The lowest BCUT2D eigenvalue weighted by Crippen LogP contribution is -1.85. The lowest BCUT2D eigenvalue weighted by molar-refractivity contribution is 0.563. The van der Waals surface area contributed by atoms with Crippen LogP contribution in [-0.2, 0) is 0 Å². The predicted octanol–water partition coefficient (Wildman–Crippen LogP) is 4.90. The molecule has 4 heteroatoms. The molecular formula is C20H13N3O. The second-order valence-corrected chi connectivity index (χ2v) is 5.85. The monoisotopic (exact) mass is 311 g/mol. The minimum atomic E-state index is 0.650. The molecule has 114 valence electrons. The van der Waals surface area contributed by atoms with Crippen LogP contribution in [0.4, 0.5) is 0 Å². The van der Waals surface area contributed by atoms with Gasteiger partial charge in [-0.1, -0.05) is 24.3 Å². The molecule has 0 aliphatic heterocycles. The second-order valence-electron chi connectivity index (χ2n) is 5.85. The molecule has 4 nitrogen and oxygen atoms in total. The fourth-order valence-corrected chi connectivity index (χ4v) is 3.09. The van der Waals surface area contributed by atoms with Crippen molar-refractivity contribution in [3.63, 3.8) is 0 Å². The largest absolute Gasteiger partial charge is 0.440 e. The minimum Gasteiger partial charge on any atom is -0.440 e. The van der Waals surface area contributed by atoms with Gasteiger partial charge in [-0.3, -0.25) is 9.97 Å². The van der Waals surface area contributed by atoms with E-state index in [1.807, 2.05) is 37.4 Å². The van der Waals surface area contributed by atoms with Crippen LogP contribution >= 0.6 is 0 Å². The van der Waals surface area contributed by atoms with Crippen molar-refractivity contribution in [2.24, 2.45) is 0 Å². The molecular weight excluding hydrogens is 298 g/mol. The maximum Gasteiger partial charge on any atom is 0.192 e. The van der Waals surface area contributed by atoms with E-state index in [4.69, 9.17) is 4.42 Å². The van der Waals surface area contributed by atoms with Gasteiger partial charge in [0.15, 0.2) is 11.5 Å². The number of hydrogen-bond donors (Lipinski definition) is 0. The Morgan fingerprint density at radius 3 is 2.62 bits per heavy atom. The lowest BCUT2D eigenvalue weighted by atomic mass is 10.0. The highest BCUT2D eigenvalue weighted by Crippen LogP contribution is 2.30. The first-order valence-electron chi connectivity index (χ1n) is 7.79. The summed E-state index contributed by atoms with van der Waals surface area (Å²) in [5, 5.41) is 2.10. The molecule has 0 spiro atoms. The van der Waals surface area contributed by atoms with Crippen molar-refractivity contribution in [1.29, 1.82) is 0 Å². The van der Waals surface area contributed by atoms with Crippen molar-refractivity contribution in [3.05, 3.63) is 66.8 Å². The number of para-hydroxylation sites is 1. The van der Waals surface area contributed by atoms with Gasteiger partial charge < -0.3 is 4.42 Å². The Balaban J connectivity index is 1.77. The van der Waals surface area contributed by atoms with Gasteiger partial charge in [-0.2, -0.15) is 0 Å². The molecule has 3 aromatic heterocycles. The van der Waals surface area contributed by atoms with Crippen LogP contribution in [0.2, 0.25) is 0 Å². The van der Waals surface area contributed by atoms with Crippen LogP contribution in [-0.4, -0.2) is 15.0 Å². The second kappa shape index (κ2) is 4.86. The Labute approximate surface area is 137 Å². The SMILES string of the molecule is Cc1nc2cnc3ccc(-c4cnc5ccccc5c4)cc3c2o1. The van der Waals surface area contributed by atoms with Crippen molar-refractivity contribution >= 4 is 32.9 Å². The zero-order chi connectivity index (χ0) is 16.1. The Morgan fingerprint density at radius 1 is 0.792 bits per heavy atom. The normalized spacial score (nSPS) is 11.5. The number of aryl methyl sites for hydroxylation is 1. The molecule has 3 heterocycles. The summed E-state index contributed by atoms with van der Waals surface area (Å²) < 4.78 is 5.78. The van der Waals surface area contributed by atoms with Crippen molar-refractivity contribution < 1.29 is 4.42 Å². The summed E-state index contributed by atoms with van der Waals surface area (Å²) in [6, 6.07) is 16.5. The molecule has 5 aromatic rings. The number of aromatic nitrogens is 3. The highest BCUT2D eigenvalue weighted by atomic mass is 16.3. The highest BCUT2D eigenvalue weighted by Gasteiger charge is 2.10. The Morgan fingerprint density at radius 2 is 1.67 bits per heavy atom. The average molecular weight is 311 g/mol. The van der Waals surface area contributed by atoms with Gasteiger partial charge in [0, 0.05) is 29.5 Å². The first-order chi connectivity index (χ1) is 11.8. The highest BCUT2D eigenvalue weighted by molar-refractivity contribution is 6.02. The smallest absolute Gasteiger partial charge is 0.192 e. The third kappa shape index (κ3) is 1.97. The molecule has 0 saturated carbocycles. The standard InChI is InChI=1S/C20H13N3O/c1-12-23-19-11-22-18-7-6-13(9-16(18)20(19)24-12)15-8-14-4-2-3-5-17(14)21-10-15/h2-11H,1H3. The summed E-state index contributed by atoms with van der Waals surface area (Å²) >= 11 is 0. The van der Waals surface area contributed by atoms with Crippen LogP contribution in [0.1, 0.15) is 5.89 Å². The van der Waals surface area contributed by atoms with Crippen LogP contribution in [0.3, 0.4) is 0 Å². The van der Waals surface area contributed by atoms with E-state index in [-0.39, 0.29) is 0 Å². The molecule has 0 fully saturated rings. The van der Waals surface area contributed by atoms with Gasteiger partial charge in [-0.25, -0.2) is 4.98 Å². The summed E-state index contributed by atoms with van der Waals surface area (Å²) in [6.07, 6.45) is 3.66. The maximum atomic E-state index is 5.78. The van der Waals surface area contributed by atoms with E-state index in [1.54, 1.807) is 6.20 Å². The Bertz CT molecular complexity index is 1220. The molecule has 0 saturated heterocycles. The maximum absolute atomic E-state index is 5.78. The first-order valence-corrected chi connectivity index (χ1v) is 7.79. The van der Waals surface area contributed by atoms with Crippen LogP contribution < -0.4 is 0 Å². The van der Waals surface area contributed by atoms with Gasteiger partial charge in [0.2, 0.25) is 0 Å². The molecule has 0 amide bonds. The first kappa shape index (κ1) is 13.2. The van der Waals surface area contributed by atoms with E-state index in [0.29, 0.717) is 5.89 Å². The fourth-order valence-electron chi connectivity index (χ4n) is 3.09. The molecule has 0 N–H and O–H groups in total. The summed E-state index contributed by atoms with van der Waals surface area (Å²) in [5.41, 5.74) is 5.63. The Kier molecular flexibility index (Phi) is 2.67. The molecule has 0 aliphatic rings. The third-order valence-electron chi connectivity index (χ3n) is 4.25. The van der Waals surface area contributed by atoms with Crippen LogP contribution in [0.15, 0.2) is 65.3 Å². The summed E-state index contributed by atoms with van der Waals surface area (Å²) in [7, 11) is 0. The van der Waals surface area contributed by atoms with Gasteiger partial charge in [0.25, 0.3) is 0 Å². The van der Waals surface area contributed by atoms with Crippen LogP contribution in [0.5, 0.6) is 0 Å². The van der Waals surface area contributed by atoms with Gasteiger partial charge in [-0.05, 0) is 29.8 Å². The quantitative estimate of drug-likeness (QED) is 0.442. The molecule has 24 heavy (non-hydrogen) atoms. The van der Waals surface area contributed by atoms with Crippen molar-refractivity contribution in [3.8, 4) is 11.1 Å². The van der Waals surface area contributed by atoms with E-state index < -0.39 is 0 Å². The van der Waals surface area contributed by atoms with E-state index in [2.05, 4.69) is 39.2 Å². The van der Waals surface area contributed by atoms with Gasteiger partial charge >= 0.3 is 0 Å². The zero-order valence-electron chi connectivity index (χ0n) is 13.0. The molecule has 0 unspecified atom stereocenters. The van der Waals surface area contributed by atoms with Gasteiger partial charge in [0.05, 0.1) is 17.2 Å². The average Bonchev–Trinajstić information content (AvgIpc) is 3.01. The van der Waals surface area contributed by atoms with E-state index in [0.717, 1.165) is 44.0 Å². The summed E-state index contributed by atoms with van der Waals surface area (Å²) in [5.74, 6) is 0.650. The predicted molar refractivity (Wildman–Crippen MR) is 94.8 cm³/mol. The van der Waals surface area contributed by atoms with Gasteiger partial charge in [0.1, 0.15) is 5.52 Å². The molecule has 2 aromatic carbocycles. The van der Waals surface area contributed by atoms with E-state index in [9.17, 15) is 0 Å². The number of hydrogen-bond acceptors (Lipinski definition) is 4. The number of benzene rings is 2. The topological polar surface area (TPSA) is 51.8 Å². The third-order valence-corrected chi connectivity index (χ3v) is 4.25. The molecule has 0 atom stereocenters. The van der Waals surface area contributed by atoms with Gasteiger partial charge in [-0.15, -0.1) is 0 Å². The lowest BCUT2D eigenvalue weighted by Gasteiger charge is -2.05. The van der Waals surface area contributed by atoms with E-state index >= 15 is 0 Å². The number of rotatable bonds is 1. The fraction of sp³-hybridized carbons (Fsp3) is 0.0500. The number of nitrogens with zero attached hydrogens (tertiary/aromatic N) is 3. The summed E-state index contributed by atoms with van der Waals surface area (Å²) in [4.78, 5) is 13.4. The van der Waals surface area contributed by atoms with Crippen LogP contribution in [0, 0.1) is 6.92 Å². The molecule has 0 aliphatic carbocycles. The number of oxazole rings is 1. The number of fused-ring (bicyclic) bond motifs is 4. The number of pyridine rings is 2. The molecule has 5 rings (SSSR count). The molecule has 0 bridgehead atoms. The van der Waals surface area contributed by atoms with Crippen molar-refractivity contribution in [2.75, 3.05) is 0 Å². The molecule has 0 radical (unpaired) electrons. The zero-order valence-corrected chi connectivity index (χ0v) is 13.0. The van der Waals surface area contributed by atoms with Crippen molar-refractivity contribution in [1.82, 2.24) is 15.0 Å². The van der Waals surface area contributed by atoms with E-state index in [1.165, 1.54) is 0 Å². The van der Waals surface area contributed by atoms with Crippen LogP contribution in [0.25, 0.3) is 44.0 Å².